The zero-order valence-electron chi connectivity index (χ0n) is 14.8. The Labute approximate surface area is 153 Å². The summed E-state index contributed by atoms with van der Waals surface area (Å²) in [7, 11) is 0. The highest BCUT2D eigenvalue weighted by atomic mass is 16.5. The molecular weight excluding hydrogens is 330 g/mol. The molecule has 1 heterocycles. The van der Waals surface area contributed by atoms with Crippen LogP contribution >= 0.6 is 0 Å². The van der Waals surface area contributed by atoms with Gasteiger partial charge in [0.25, 0.3) is 0 Å². The molecule has 0 aromatic heterocycles. The van der Waals surface area contributed by atoms with Crippen LogP contribution in [-0.2, 0) is 27.3 Å². The van der Waals surface area contributed by atoms with E-state index in [1.165, 1.54) is 0 Å². The third kappa shape index (κ3) is 5.58. The van der Waals surface area contributed by atoms with Crippen LogP contribution in [0, 0.1) is 0 Å². The number of ether oxygens (including phenoxy) is 2. The summed E-state index contributed by atoms with van der Waals surface area (Å²) in [4.78, 5) is 12.3. The van der Waals surface area contributed by atoms with Gasteiger partial charge in [-0.2, -0.15) is 0 Å². The van der Waals surface area contributed by atoms with Gasteiger partial charge in [0.15, 0.2) is 0 Å². The number of benzene rings is 2. The molecular formula is C21H25NO4. The number of hydrogen-bond donors (Lipinski definition) is 2. The highest BCUT2D eigenvalue weighted by Crippen LogP contribution is 2.15. The van der Waals surface area contributed by atoms with E-state index in [-0.39, 0.29) is 23.8 Å². The molecule has 0 spiro atoms. The number of carbonyl (C=O) groups is 1. The fourth-order valence-corrected chi connectivity index (χ4v) is 3.02. The molecule has 3 rings (SSSR count). The predicted octanol–water partition coefficient (Wildman–Crippen LogP) is 2.82. The van der Waals surface area contributed by atoms with Gasteiger partial charge >= 0.3 is 0 Å². The van der Waals surface area contributed by atoms with E-state index >= 15 is 0 Å². The molecule has 2 N–H and O–H groups in total. The van der Waals surface area contributed by atoms with Crippen molar-refractivity contribution in [2.24, 2.45) is 0 Å². The van der Waals surface area contributed by atoms with Crippen LogP contribution in [0.25, 0.3) is 0 Å². The third-order valence-corrected chi connectivity index (χ3v) is 4.53. The normalized spacial score (nSPS) is 19.8. The van der Waals surface area contributed by atoms with E-state index in [0.29, 0.717) is 32.7 Å². The first kappa shape index (κ1) is 18.4. The summed E-state index contributed by atoms with van der Waals surface area (Å²) in [5, 5.41) is 12.4. The third-order valence-electron chi connectivity index (χ3n) is 4.53. The molecule has 1 amide bonds. The molecule has 2 aromatic rings. The van der Waals surface area contributed by atoms with E-state index in [2.05, 4.69) is 5.32 Å². The molecule has 0 bridgehead atoms. The minimum Gasteiger partial charge on any atom is -0.508 e. The maximum absolute atomic E-state index is 12.3. The molecule has 0 aliphatic carbocycles. The Morgan fingerprint density at radius 3 is 2.65 bits per heavy atom. The van der Waals surface area contributed by atoms with Crippen molar-refractivity contribution in [2.45, 2.75) is 38.0 Å². The van der Waals surface area contributed by atoms with Crippen LogP contribution < -0.4 is 5.32 Å². The van der Waals surface area contributed by atoms with Crippen LogP contribution in [0.2, 0.25) is 0 Å². The number of rotatable bonds is 7. The molecule has 0 saturated carbocycles. The van der Waals surface area contributed by atoms with Crippen molar-refractivity contribution in [3.63, 3.8) is 0 Å². The lowest BCUT2D eigenvalue weighted by Crippen LogP contribution is -2.50. The number of amides is 1. The molecule has 0 unspecified atom stereocenters. The Balaban J connectivity index is 1.47. The van der Waals surface area contributed by atoms with E-state index in [9.17, 15) is 9.90 Å². The lowest BCUT2D eigenvalue weighted by atomic mass is 10.0. The summed E-state index contributed by atoms with van der Waals surface area (Å²) in [6.07, 6.45) is 1.67. The van der Waals surface area contributed by atoms with Gasteiger partial charge in [-0.25, -0.2) is 0 Å². The van der Waals surface area contributed by atoms with E-state index in [0.717, 1.165) is 17.5 Å². The van der Waals surface area contributed by atoms with Crippen molar-refractivity contribution >= 4 is 5.91 Å². The molecule has 1 saturated heterocycles. The van der Waals surface area contributed by atoms with Crippen LogP contribution in [0.15, 0.2) is 54.6 Å². The minimum atomic E-state index is -0.137. The number of aryl methyl sites for hydroxylation is 1. The van der Waals surface area contributed by atoms with Crippen LogP contribution in [0.4, 0.5) is 0 Å². The number of phenols is 1. The van der Waals surface area contributed by atoms with Crippen molar-refractivity contribution in [3.05, 3.63) is 65.7 Å². The zero-order valence-corrected chi connectivity index (χ0v) is 14.8. The average molecular weight is 355 g/mol. The van der Waals surface area contributed by atoms with Crippen molar-refractivity contribution in [1.82, 2.24) is 5.32 Å². The molecule has 2 aromatic carbocycles. The lowest BCUT2D eigenvalue weighted by molar-refractivity contribution is -0.126. The van der Waals surface area contributed by atoms with E-state index in [4.69, 9.17) is 9.47 Å². The second kappa shape index (κ2) is 9.36. The highest BCUT2D eigenvalue weighted by molar-refractivity contribution is 5.76. The van der Waals surface area contributed by atoms with Gasteiger partial charge in [0, 0.05) is 13.0 Å². The van der Waals surface area contributed by atoms with Crippen molar-refractivity contribution in [1.29, 1.82) is 0 Å². The maximum atomic E-state index is 12.3. The topological polar surface area (TPSA) is 67.8 Å². The maximum Gasteiger partial charge on any atom is 0.220 e. The Morgan fingerprint density at radius 2 is 1.88 bits per heavy atom. The molecule has 1 fully saturated rings. The van der Waals surface area contributed by atoms with Crippen LogP contribution in [0.3, 0.4) is 0 Å². The van der Waals surface area contributed by atoms with Gasteiger partial charge < -0.3 is 19.9 Å². The van der Waals surface area contributed by atoms with Gasteiger partial charge in [0.1, 0.15) is 11.9 Å². The molecule has 0 radical (unpaired) electrons. The van der Waals surface area contributed by atoms with Gasteiger partial charge in [-0.1, -0.05) is 42.5 Å². The number of hydrogen-bond acceptors (Lipinski definition) is 4. The summed E-state index contributed by atoms with van der Waals surface area (Å²) >= 11 is 0. The standard InChI is InChI=1S/C21H25NO4/c23-18-9-6-16(7-10-18)8-11-21(24)22-19-12-13-25-15-20(19)26-14-17-4-2-1-3-5-17/h1-7,9-10,19-20,23H,8,11-15H2,(H,22,24)/t19-,20-/m1/s1. The van der Waals surface area contributed by atoms with Crippen LogP contribution in [0.1, 0.15) is 24.0 Å². The molecule has 1 aliphatic heterocycles. The Kier molecular flexibility index (Phi) is 6.63. The average Bonchev–Trinajstić information content (AvgIpc) is 2.68. The highest BCUT2D eigenvalue weighted by Gasteiger charge is 2.27. The number of nitrogens with one attached hydrogen (secondary N) is 1. The quantitative estimate of drug-likeness (QED) is 0.801. The first-order chi connectivity index (χ1) is 12.7. The van der Waals surface area contributed by atoms with Crippen LogP contribution in [-0.4, -0.2) is 36.4 Å². The Bertz CT molecular complexity index is 687. The molecule has 5 nitrogen and oxygen atoms in total. The summed E-state index contributed by atoms with van der Waals surface area (Å²) in [6.45, 7) is 1.64. The van der Waals surface area contributed by atoms with Gasteiger partial charge in [0.2, 0.25) is 5.91 Å². The summed E-state index contributed by atoms with van der Waals surface area (Å²) < 4.78 is 11.5. The second-order valence-electron chi connectivity index (χ2n) is 6.54. The van der Waals surface area contributed by atoms with Crippen molar-refractivity contribution in [2.75, 3.05) is 13.2 Å². The summed E-state index contributed by atoms with van der Waals surface area (Å²) in [5.74, 6) is 0.247. The largest absolute Gasteiger partial charge is 0.508 e. The first-order valence-electron chi connectivity index (χ1n) is 9.01. The fraction of sp³-hybridized carbons (Fsp3) is 0.381. The molecule has 138 valence electrons. The Morgan fingerprint density at radius 1 is 1.12 bits per heavy atom. The van der Waals surface area contributed by atoms with Crippen molar-refractivity contribution in [3.8, 4) is 5.75 Å². The zero-order chi connectivity index (χ0) is 18.2. The van der Waals surface area contributed by atoms with Gasteiger partial charge in [-0.3, -0.25) is 4.79 Å². The molecule has 5 heteroatoms. The van der Waals surface area contributed by atoms with E-state index in [1.54, 1.807) is 12.1 Å². The van der Waals surface area contributed by atoms with E-state index in [1.807, 2.05) is 42.5 Å². The van der Waals surface area contributed by atoms with Gasteiger partial charge in [-0.05, 0) is 36.1 Å². The van der Waals surface area contributed by atoms with E-state index < -0.39 is 0 Å². The SMILES string of the molecule is O=C(CCc1ccc(O)cc1)N[C@@H]1CCOC[C@H]1OCc1ccccc1. The number of aromatic hydroxyl groups is 1. The first-order valence-corrected chi connectivity index (χ1v) is 9.01. The van der Waals surface area contributed by atoms with Crippen molar-refractivity contribution < 1.29 is 19.4 Å². The van der Waals surface area contributed by atoms with Gasteiger partial charge in [0.05, 0.1) is 19.3 Å². The minimum absolute atomic E-state index is 0.0123. The predicted molar refractivity (Wildman–Crippen MR) is 98.8 cm³/mol. The monoisotopic (exact) mass is 355 g/mol. The molecule has 26 heavy (non-hydrogen) atoms. The smallest absolute Gasteiger partial charge is 0.220 e. The Hall–Kier alpha value is -2.37. The molecule has 1 aliphatic rings. The fourth-order valence-electron chi connectivity index (χ4n) is 3.02. The number of phenolic OH excluding ortho intramolecular Hbond substituents is 1. The molecule has 2 atom stereocenters. The van der Waals surface area contributed by atoms with Crippen LogP contribution in [0.5, 0.6) is 5.75 Å². The summed E-state index contributed by atoms with van der Waals surface area (Å²) in [6, 6.07) is 16.9. The van der Waals surface area contributed by atoms with Gasteiger partial charge in [-0.15, -0.1) is 0 Å². The number of carbonyl (C=O) groups excluding carboxylic acids is 1. The summed E-state index contributed by atoms with van der Waals surface area (Å²) in [5.41, 5.74) is 2.14. The second-order valence-corrected chi connectivity index (χ2v) is 6.54. The lowest BCUT2D eigenvalue weighted by Gasteiger charge is -2.32.